The van der Waals surface area contributed by atoms with E-state index in [2.05, 4.69) is 29.6 Å². The predicted octanol–water partition coefficient (Wildman–Crippen LogP) is 4.51. The van der Waals surface area contributed by atoms with Gasteiger partial charge in [-0.25, -0.2) is 5.43 Å². The number of ether oxygens (including phenoxy) is 1. The summed E-state index contributed by atoms with van der Waals surface area (Å²) in [6.45, 7) is 4.81. The highest BCUT2D eigenvalue weighted by Gasteiger charge is 2.64. The van der Waals surface area contributed by atoms with Crippen molar-refractivity contribution in [3.05, 3.63) is 42.0 Å². The zero-order valence-corrected chi connectivity index (χ0v) is 15.5. The van der Waals surface area contributed by atoms with Crippen molar-refractivity contribution in [3.63, 3.8) is 0 Å². The van der Waals surface area contributed by atoms with Crippen LogP contribution < -0.4 is 10.2 Å². The van der Waals surface area contributed by atoms with Crippen molar-refractivity contribution in [1.29, 1.82) is 0 Å². The predicted molar refractivity (Wildman–Crippen MR) is 104 cm³/mol. The Kier molecular flexibility index (Phi) is 4.43. The highest BCUT2D eigenvalue weighted by atomic mass is 16.5. The molecule has 3 atom stereocenters. The average molecular weight is 350 g/mol. The maximum absolute atomic E-state index is 12.6. The van der Waals surface area contributed by atoms with Crippen LogP contribution in [0.15, 0.2) is 41.5 Å². The summed E-state index contributed by atoms with van der Waals surface area (Å²) in [7, 11) is 0. The Bertz CT molecular complexity index is 860. The number of benzene rings is 2. The lowest BCUT2D eigenvalue weighted by Gasteiger charge is -2.15. The fraction of sp³-hybridized carbons (Fsp3) is 0.455. The third-order valence-corrected chi connectivity index (χ3v) is 6.21. The number of hydrogen-bond donors (Lipinski definition) is 1. The molecule has 2 saturated carbocycles. The van der Waals surface area contributed by atoms with Crippen LogP contribution >= 0.6 is 0 Å². The number of hydrazone groups is 1. The molecule has 0 saturated heterocycles. The second-order valence-corrected chi connectivity index (χ2v) is 7.70. The van der Waals surface area contributed by atoms with E-state index in [1.807, 2.05) is 31.2 Å². The van der Waals surface area contributed by atoms with Gasteiger partial charge in [-0.05, 0) is 47.9 Å². The van der Waals surface area contributed by atoms with E-state index in [1.165, 1.54) is 19.3 Å². The lowest BCUT2D eigenvalue weighted by Crippen LogP contribution is -2.22. The largest absolute Gasteiger partial charge is 0.493 e. The highest BCUT2D eigenvalue weighted by molar-refractivity contribution is 6.02. The number of nitrogens with zero attached hydrogens (tertiary/aromatic N) is 1. The van der Waals surface area contributed by atoms with Crippen molar-refractivity contribution in [2.45, 2.75) is 39.5 Å². The van der Waals surface area contributed by atoms with Gasteiger partial charge in [-0.15, -0.1) is 0 Å². The number of fused-ring (bicyclic) bond motifs is 2. The van der Waals surface area contributed by atoms with Gasteiger partial charge >= 0.3 is 0 Å². The first-order chi connectivity index (χ1) is 12.6. The fourth-order valence-corrected chi connectivity index (χ4v) is 4.77. The lowest BCUT2D eigenvalue weighted by atomic mass is 9.90. The van der Waals surface area contributed by atoms with Crippen molar-refractivity contribution in [2.75, 3.05) is 6.61 Å². The van der Waals surface area contributed by atoms with Gasteiger partial charge in [-0.2, -0.15) is 5.10 Å². The summed E-state index contributed by atoms with van der Waals surface area (Å²) in [4.78, 5) is 12.6. The molecule has 0 heterocycles. The maximum Gasteiger partial charge on any atom is 0.244 e. The summed E-state index contributed by atoms with van der Waals surface area (Å²) in [6, 6.07) is 12.1. The van der Waals surface area contributed by atoms with Gasteiger partial charge in [-0.3, -0.25) is 4.79 Å². The topological polar surface area (TPSA) is 50.7 Å². The SMILES string of the molecule is CCOc1ccc2ccccc2c1/C=N\NC(=O)[C@@H]1[C@H]2CCCC[C@]21C. The Morgan fingerprint density at radius 1 is 1.31 bits per heavy atom. The van der Waals surface area contributed by atoms with Crippen LogP contribution in [0.5, 0.6) is 5.75 Å². The molecule has 0 radical (unpaired) electrons. The van der Waals surface area contributed by atoms with E-state index < -0.39 is 0 Å². The van der Waals surface area contributed by atoms with Crippen molar-refractivity contribution < 1.29 is 9.53 Å². The highest BCUT2D eigenvalue weighted by Crippen LogP contribution is 2.66. The van der Waals surface area contributed by atoms with Crippen LogP contribution in [0.25, 0.3) is 10.8 Å². The number of carbonyl (C=O) groups excluding carboxylic acids is 1. The number of rotatable bonds is 5. The molecule has 0 aromatic heterocycles. The molecule has 136 valence electrons. The molecular weight excluding hydrogens is 324 g/mol. The zero-order valence-electron chi connectivity index (χ0n) is 15.5. The minimum absolute atomic E-state index is 0.0637. The Morgan fingerprint density at radius 2 is 2.15 bits per heavy atom. The molecule has 2 aliphatic rings. The van der Waals surface area contributed by atoms with E-state index in [1.54, 1.807) is 6.21 Å². The first-order valence-electron chi connectivity index (χ1n) is 9.62. The van der Waals surface area contributed by atoms with Crippen molar-refractivity contribution in [1.82, 2.24) is 5.43 Å². The number of hydrogen-bond acceptors (Lipinski definition) is 3. The summed E-state index contributed by atoms with van der Waals surface area (Å²) in [5, 5.41) is 6.48. The summed E-state index contributed by atoms with van der Waals surface area (Å²) in [5.41, 5.74) is 3.89. The van der Waals surface area contributed by atoms with Crippen LogP contribution in [0, 0.1) is 17.3 Å². The smallest absolute Gasteiger partial charge is 0.244 e. The van der Waals surface area contributed by atoms with Gasteiger partial charge in [0, 0.05) is 11.5 Å². The second kappa shape index (κ2) is 6.75. The molecule has 4 nitrogen and oxygen atoms in total. The average Bonchev–Trinajstić information content (AvgIpc) is 3.29. The zero-order chi connectivity index (χ0) is 18.1. The maximum atomic E-state index is 12.6. The van der Waals surface area contributed by atoms with Gasteiger partial charge in [0.15, 0.2) is 0 Å². The Labute approximate surface area is 154 Å². The third-order valence-electron chi connectivity index (χ3n) is 6.21. The molecule has 4 heteroatoms. The molecule has 1 amide bonds. The van der Waals surface area contributed by atoms with Crippen LogP contribution in [0.4, 0.5) is 0 Å². The van der Waals surface area contributed by atoms with Crippen molar-refractivity contribution in [2.24, 2.45) is 22.4 Å². The Balaban J connectivity index is 1.53. The third kappa shape index (κ3) is 2.87. The van der Waals surface area contributed by atoms with Crippen LogP contribution in [-0.2, 0) is 4.79 Å². The normalized spacial score (nSPS) is 27.3. The van der Waals surface area contributed by atoms with Gasteiger partial charge in [0.2, 0.25) is 5.91 Å². The minimum atomic E-state index is 0.0637. The summed E-state index contributed by atoms with van der Waals surface area (Å²) in [6.07, 6.45) is 6.56. The molecule has 0 bridgehead atoms. The Morgan fingerprint density at radius 3 is 2.92 bits per heavy atom. The van der Waals surface area contributed by atoms with Crippen LogP contribution in [0.3, 0.4) is 0 Å². The van der Waals surface area contributed by atoms with E-state index >= 15 is 0 Å². The van der Waals surface area contributed by atoms with E-state index in [0.717, 1.165) is 28.5 Å². The van der Waals surface area contributed by atoms with E-state index in [4.69, 9.17) is 4.74 Å². The van der Waals surface area contributed by atoms with Crippen LogP contribution in [0.1, 0.15) is 45.1 Å². The number of nitrogens with one attached hydrogen (secondary N) is 1. The monoisotopic (exact) mass is 350 g/mol. The van der Waals surface area contributed by atoms with Gasteiger partial charge in [-0.1, -0.05) is 50.1 Å². The quantitative estimate of drug-likeness (QED) is 0.637. The first kappa shape index (κ1) is 17.1. The molecule has 1 N–H and O–H groups in total. The minimum Gasteiger partial charge on any atom is -0.493 e. The molecule has 2 aromatic carbocycles. The van der Waals surface area contributed by atoms with Gasteiger partial charge in [0.25, 0.3) is 0 Å². The first-order valence-corrected chi connectivity index (χ1v) is 9.62. The molecule has 26 heavy (non-hydrogen) atoms. The van der Waals surface area contributed by atoms with Gasteiger partial charge < -0.3 is 4.74 Å². The molecule has 2 aromatic rings. The summed E-state index contributed by atoms with van der Waals surface area (Å²) in [5.74, 6) is 1.52. The van der Waals surface area contributed by atoms with Crippen LogP contribution in [0.2, 0.25) is 0 Å². The standard InChI is InChI=1S/C22H26N2O2/c1-3-26-19-12-11-15-8-4-5-9-16(15)17(19)14-23-24-21(25)20-18-10-6-7-13-22(18,20)2/h4-5,8-9,11-12,14,18,20H,3,6-7,10,13H2,1-2H3,(H,24,25)/b23-14-/t18-,20+,22-/m1/s1. The van der Waals surface area contributed by atoms with Crippen molar-refractivity contribution in [3.8, 4) is 5.75 Å². The molecule has 0 spiro atoms. The molecule has 0 unspecified atom stereocenters. The van der Waals surface area contributed by atoms with E-state index in [0.29, 0.717) is 12.5 Å². The molecule has 4 rings (SSSR count). The molecular formula is C22H26N2O2. The Hall–Kier alpha value is -2.36. The number of carbonyl (C=O) groups is 1. The molecule has 2 fully saturated rings. The van der Waals surface area contributed by atoms with E-state index in [-0.39, 0.29) is 17.2 Å². The van der Waals surface area contributed by atoms with Crippen molar-refractivity contribution >= 4 is 22.9 Å². The van der Waals surface area contributed by atoms with Gasteiger partial charge in [0.05, 0.1) is 12.8 Å². The summed E-state index contributed by atoms with van der Waals surface area (Å²) < 4.78 is 5.75. The molecule has 0 aliphatic heterocycles. The van der Waals surface area contributed by atoms with Crippen LogP contribution in [-0.4, -0.2) is 18.7 Å². The van der Waals surface area contributed by atoms with Gasteiger partial charge in [0.1, 0.15) is 5.75 Å². The summed E-state index contributed by atoms with van der Waals surface area (Å²) >= 11 is 0. The number of amides is 1. The lowest BCUT2D eigenvalue weighted by molar-refractivity contribution is -0.123. The fourth-order valence-electron chi connectivity index (χ4n) is 4.77. The molecule has 2 aliphatic carbocycles. The van der Waals surface area contributed by atoms with E-state index in [9.17, 15) is 4.79 Å². The second-order valence-electron chi connectivity index (χ2n) is 7.70.